The van der Waals surface area contributed by atoms with Gasteiger partial charge in [-0.25, -0.2) is 0 Å². The molecule has 28 heavy (non-hydrogen) atoms. The van der Waals surface area contributed by atoms with Crippen LogP contribution in [0.15, 0.2) is 18.3 Å². The fourth-order valence-corrected chi connectivity index (χ4v) is 3.90. The Morgan fingerprint density at radius 1 is 1.36 bits per heavy atom. The molecular formula is C21H31NO5S. The highest BCUT2D eigenvalue weighted by atomic mass is 32.2. The Morgan fingerprint density at radius 2 is 2.11 bits per heavy atom. The Labute approximate surface area is 171 Å². The van der Waals surface area contributed by atoms with Crippen molar-refractivity contribution in [3.63, 3.8) is 0 Å². The van der Waals surface area contributed by atoms with E-state index in [-0.39, 0.29) is 23.6 Å². The van der Waals surface area contributed by atoms with Gasteiger partial charge in [-0.1, -0.05) is 31.5 Å². The number of carbonyl (C=O) groups excluding carboxylic acids is 2. The summed E-state index contributed by atoms with van der Waals surface area (Å²) in [6.45, 7) is 5.64. The van der Waals surface area contributed by atoms with E-state index in [1.165, 1.54) is 45.6 Å². The molecule has 0 aromatic carbocycles. The zero-order valence-corrected chi connectivity index (χ0v) is 18.0. The van der Waals surface area contributed by atoms with Gasteiger partial charge in [-0.3, -0.25) is 14.6 Å². The number of hydrogen-bond acceptors (Lipinski definition) is 7. The van der Waals surface area contributed by atoms with Gasteiger partial charge < -0.3 is 14.2 Å². The summed E-state index contributed by atoms with van der Waals surface area (Å²) in [6.07, 6.45) is 5.67. The maximum absolute atomic E-state index is 12.7. The fraction of sp³-hybridized carbons (Fsp3) is 0.667. The number of rotatable bonds is 13. The van der Waals surface area contributed by atoms with Gasteiger partial charge in [-0.2, -0.15) is 0 Å². The molecule has 1 saturated carbocycles. The maximum atomic E-state index is 12.7. The number of ether oxygens (including phenoxy) is 3. The van der Waals surface area contributed by atoms with Crippen molar-refractivity contribution < 1.29 is 23.8 Å². The summed E-state index contributed by atoms with van der Waals surface area (Å²) in [5.41, 5.74) is -0.396. The summed E-state index contributed by atoms with van der Waals surface area (Å²) in [6, 6.07) is 3.70. The van der Waals surface area contributed by atoms with E-state index < -0.39 is 5.60 Å². The number of carbonyl (C=O) groups is 2. The van der Waals surface area contributed by atoms with Crippen LogP contribution >= 0.6 is 11.8 Å². The minimum Gasteiger partial charge on any atom is -0.493 e. The van der Waals surface area contributed by atoms with E-state index in [9.17, 15) is 9.59 Å². The summed E-state index contributed by atoms with van der Waals surface area (Å²) < 4.78 is 16.8. The zero-order chi connectivity index (χ0) is 20.6. The molecule has 2 rings (SSSR count). The number of methoxy groups -OCH3 is 1. The molecule has 1 aromatic heterocycles. The highest BCUT2D eigenvalue weighted by molar-refractivity contribution is 8.13. The van der Waals surface area contributed by atoms with Gasteiger partial charge in [-0.05, 0) is 25.3 Å². The Bertz CT molecular complexity index is 664. The Hall–Kier alpha value is -1.44. The van der Waals surface area contributed by atoms with Gasteiger partial charge in [0, 0.05) is 50.1 Å². The predicted octanol–water partition coefficient (Wildman–Crippen LogP) is 3.67. The van der Waals surface area contributed by atoms with Gasteiger partial charge in [0.25, 0.3) is 0 Å². The molecule has 1 aromatic rings. The molecule has 0 aliphatic heterocycles. The second-order valence-corrected chi connectivity index (χ2v) is 8.64. The van der Waals surface area contributed by atoms with Crippen LogP contribution in [0.4, 0.5) is 0 Å². The molecule has 0 saturated heterocycles. The SMILES string of the molecule is COCO[C@@](Cc1cc(OCCC2CC2)ccn1)(C(C)=O)[C@@H](C)CSC(C)=O. The second-order valence-electron chi connectivity index (χ2n) is 7.44. The molecule has 0 N–H and O–H groups in total. The number of nitrogens with zero attached hydrogens (tertiary/aromatic N) is 1. The summed E-state index contributed by atoms with van der Waals surface area (Å²) in [7, 11) is 1.52. The van der Waals surface area contributed by atoms with E-state index >= 15 is 0 Å². The molecule has 1 fully saturated rings. The first-order valence-corrected chi connectivity index (χ1v) is 10.7. The normalized spacial score (nSPS) is 17.0. The van der Waals surface area contributed by atoms with Crippen molar-refractivity contribution in [1.29, 1.82) is 0 Å². The van der Waals surface area contributed by atoms with Crippen molar-refractivity contribution in [2.24, 2.45) is 11.8 Å². The molecule has 1 heterocycles. The average Bonchev–Trinajstić information content (AvgIpc) is 3.47. The van der Waals surface area contributed by atoms with Gasteiger partial charge >= 0.3 is 0 Å². The zero-order valence-electron chi connectivity index (χ0n) is 17.2. The molecule has 1 aliphatic rings. The molecule has 0 unspecified atom stereocenters. The fourth-order valence-electron chi connectivity index (χ4n) is 3.14. The smallest absolute Gasteiger partial charge is 0.185 e. The highest BCUT2D eigenvalue weighted by Gasteiger charge is 2.43. The molecule has 0 amide bonds. The van der Waals surface area contributed by atoms with Crippen LogP contribution in [-0.2, 0) is 25.5 Å². The van der Waals surface area contributed by atoms with Gasteiger partial charge in [0.15, 0.2) is 10.9 Å². The number of Topliss-reactive ketones (excluding diaryl/α,β-unsaturated/α-hetero) is 1. The molecular weight excluding hydrogens is 378 g/mol. The minimum absolute atomic E-state index is 0.00770. The lowest BCUT2D eigenvalue weighted by Crippen LogP contribution is -2.50. The number of aromatic nitrogens is 1. The first kappa shape index (κ1) is 22.8. The van der Waals surface area contributed by atoms with Crippen LogP contribution < -0.4 is 4.74 Å². The van der Waals surface area contributed by atoms with E-state index in [0.29, 0.717) is 18.8 Å². The third-order valence-corrected chi connectivity index (χ3v) is 6.16. The second kappa shape index (κ2) is 10.9. The molecule has 2 atom stereocenters. The molecule has 0 radical (unpaired) electrons. The Kier molecular flexibility index (Phi) is 8.92. The lowest BCUT2D eigenvalue weighted by Gasteiger charge is -2.36. The summed E-state index contributed by atoms with van der Waals surface area (Å²) in [4.78, 5) is 28.5. The van der Waals surface area contributed by atoms with E-state index in [0.717, 1.165) is 23.8 Å². The minimum atomic E-state index is -1.11. The Morgan fingerprint density at radius 3 is 2.71 bits per heavy atom. The first-order valence-electron chi connectivity index (χ1n) is 9.72. The van der Waals surface area contributed by atoms with Crippen molar-refractivity contribution in [2.75, 3.05) is 26.3 Å². The quantitative estimate of drug-likeness (QED) is 0.460. The van der Waals surface area contributed by atoms with Crippen LogP contribution in [0.5, 0.6) is 5.75 Å². The van der Waals surface area contributed by atoms with Crippen LogP contribution in [0.3, 0.4) is 0 Å². The summed E-state index contributed by atoms with van der Waals surface area (Å²) >= 11 is 1.19. The third kappa shape index (κ3) is 6.87. The van der Waals surface area contributed by atoms with Crippen molar-refractivity contribution in [3.8, 4) is 5.75 Å². The monoisotopic (exact) mass is 409 g/mol. The number of ketones is 1. The molecule has 7 heteroatoms. The van der Waals surface area contributed by atoms with Crippen LogP contribution in [0.1, 0.15) is 45.7 Å². The van der Waals surface area contributed by atoms with Crippen molar-refractivity contribution >= 4 is 22.7 Å². The van der Waals surface area contributed by atoms with Gasteiger partial charge in [0.2, 0.25) is 0 Å². The molecule has 0 spiro atoms. The Balaban J connectivity index is 2.14. The van der Waals surface area contributed by atoms with Crippen LogP contribution in [0.2, 0.25) is 0 Å². The van der Waals surface area contributed by atoms with Gasteiger partial charge in [-0.15, -0.1) is 0 Å². The number of pyridine rings is 1. The lowest BCUT2D eigenvalue weighted by molar-refractivity contribution is -0.171. The molecule has 1 aliphatic carbocycles. The maximum Gasteiger partial charge on any atom is 0.185 e. The van der Waals surface area contributed by atoms with E-state index in [2.05, 4.69) is 4.98 Å². The lowest BCUT2D eigenvalue weighted by atomic mass is 9.82. The number of thioether (sulfide) groups is 1. The van der Waals surface area contributed by atoms with Crippen molar-refractivity contribution in [2.45, 2.75) is 52.1 Å². The molecule has 156 valence electrons. The molecule has 0 bridgehead atoms. The topological polar surface area (TPSA) is 74.7 Å². The van der Waals surface area contributed by atoms with Crippen molar-refractivity contribution in [3.05, 3.63) is 24.0 Å². The van der Waals surface area contributed by atoms with Crippen LogP contribution in [-0.4, -0.2) is 47.7 Å². The van der Waals surface area contributed by atoms with E-state index in [1.54, 1.807) is 6.20 Å². The van der Waals surface area contributed by atoms with Gasteiger partial charge in [0.1, 0.15) is 18.1 Å². The standard InChI is InChI=1S/C21H31NO5S/c1-15(13-28-17(3)24)21(16(2)23,27-14-25-4)12-19-11-20(7-9-22-19)26-10-8-18-5-6-18/h7,9,11,15,18H,5-6,8,10,12-14H2,1-4H3/t15-,21+/m0/s1. The summed E-state index contributed by atoms with van der Waals surface area (Å²) in [5, 5.41) is 0.0141. The number of hydrogen-bond donors (Lipinski definition) is 0. The third-order valence-electron chi connectivity index (χ3n) is 5.09. The predicted molar refractivity (Wildman–Crippen MR) is 109 cm³/mol. The van der Waals surface area contributed by atoms with E-state index in [4.69, 9.17) is 14.2 Å². The largest absolute Gasteiger partial charge is 0.493 e. The van der Waals surface area contributed by atoms with E-state index in [1.807, 2.05) is 19.1 Å². The van der Waals surface area contributed by atoms with Crippen molar-refractivity contribution in [1.82, 2.24) is 4.98 Å². The first-order chi connectivity index (χ1) is 13.4. The molecule has 6 nitrogen and oxygen atoms in total. The average molecular weight is 410 g/mol. The van der Waals surface area contributed by atoms with Crippen LogP contribution in [0, 0.1) is 11.8 Å². The van der Waals surface area contributed by atoms with Crippen LogP contribution in [0.25, 0.3) is 0 Å². The summed E-state index contributed by atoms with van der Waals surface area (Å²) in [5.74, 6) is 1.74. The highest BCUT2D eigenvalue weighted by Crippen LogP contribution is 2.33. The van der Waals surface area contributed by atoms with Gasteiger partial charge in [0.05, 0.1) is 6.61 Å².